The zero-order valence-electron chi connectivity index (χ0n) is 21.8. The SMILES string of the molecule is C/C(=C\c1csc(C)n1)C1C[C@@H]2O[C@]2(C)C/C=C/[C@H](C)[C@H](O)[C@@H](C)C(=O)C(C)(C)[C@@H](O)CC(=O)O1. The predicted octanol–water partition coefficient (Wildman–Crippen LogP) is 4.25. The highest BCUT2D eigenvalue weighted by Crippen LogP contribution is 2.44. The van der Waals surface area contributed by atoms with Gasteiger partial charge in [0.15, 0.2) is 0 Å². The average molecular weight is 506 g/mol. The Morgan fingerprint density at radius 3 is 2.54 bits per heavy atom. The van der Waals surface area contributed by atoms with Crippen molar-refractivity contribution in [3.8, 4) is 0 Å². The number of aromatic nitrogens is 1. The minimum Gasteiger partial charge on any atom is -0.458 e. The quantitative estimate of drug-likeness (QED) is 0.351. The van der Waals surface area contributed by atoms with Gasteiger partial charge in [-0.1, -0.05) is 39.8 Å². The lowest BCUT2D eigenvalue weighted by Gasteiger charge is -2.34. The fourth-order valence-electron chi connectivity index (χ4n) is 4.67. The Morgan fingerprint density at radius 1 is 1.23 bits per heavy atom. The molecule has 0 radical (unpaired) electrons. The maximum atomic E-state index is 13.2. The van der Waals surface area contributed by atoms with E-state index in [0.717, 1.165) is 16.3 Å². The summed E-state index contributed by atoms with van der Waals surface area (Å²) in [6.07, 6.45) is 3.84. The molecule has 1 fully saturated rings. The Hall–Kier alpha value is -1.87. The number of ketones is 1. The molecule has 7 nitrogen and oxygen atoms in total. The van der Waals surface area contributed by atoms with Crippen LogP contribution >= 0.6 is 11.3 Å². The summed E-state index contributed by atoms with van der Waals surface area (Å²) in [5, 5.41) is 24.5. The number of carbonyl (C=O) groups excluding carboxylic acids is 2. The van der Waals surface area contributed by atoms with Gasteiger partial charge in [0.25, 0.3) is 0 Å². The number of hydrogen-bond acceptors (Lipinski definition) is 8. The second-order valence-electron chi connectivity index (χ2n) is 10.9. The summed E-state index contributed by atoms with van der Waals surface area (Å²) in [4.78, 5) is 30.6. The van der Waals surface area contributed by atoms with E-state index in [9.17, 15) is 19.8 Å². The Labute approximate surface area is 212 Å². The van der Waals surface area contributed by atoms with Crippen LogP contribution in [0.25, 0.3) is 6.08 Å². The maximum absolute atomic E-state index is 13.2. The monoisotopic (exact) mass is 505 g/mol. The molecule has 8 heteroatoms. The van der Waals surface area contributed by atoms with Crippen molar-refractivity contribution in [1.29, 1.82) is 0 Å². The highest BCUT2D eigenvalue weighted by Gasteiger charge is 2.52. The number of epoxide rings is 1. The van der Waals surface area contributed by atoms with Crippen LogP contribution in [0.4, 0.5) is 0 Å². The van der Waals surface area contributed by atoms with E-state index in [4.69, 9.17) is 9.47 Å². The molecule has 1 unspecified atom stereocenters. The van der Waals surface area contributed by atoms with Crippen LogP contribution in [0.15, 0.2) is 23.1 Å². The number of fused-ring (bicyclic) bond motifs is 1. The van der Waals surface area contributed by atoms with Crippen molar-refractivity contribution < 1.29 is 29.3 Å². The van der Waals surface area contributed by atoms with Crippen molar-refractivity contribution >= 4 is 29.2 Å². The van der Waals surface area contributed by atoms with E-state index in [1.54, 1.807) is 32.1 Å². The molecule has 35 heavy (non-hydrogen) atoms. The number of esters is 1. The molecule has 2 N–H and O–H groups in total. The van der Waals surface area contributed by atoms with Crippen molar-refractivity contribution in [3.05, 3.63) is 33.8 Å². The topological polar surface area (TPSA) is 109 Å². The number of ether oxygens (including phenoxy) is 2. The number of cyclic esters (lactones) is 1. The fourth-order valence-corrected chi connectivity index (χ4v) is 5.24. The standard InChI is InChI=1S/C27H39NO6S/c1-15-9-8-10-27(7)22(34-27)12-20(16(2)11-19-14-35-18(4)28-19)33-23(30)13-21(29)26(5,6)25(32)17(3)24(15)31/h8-9,11,14-15,17,20-22,24,29,31H,10,12-13H2,1-7H3/b9-8+,16-11+/t15-,17+,20?,21-,22-,24-,27+/m0/s1. The lowest BCUT2D eigenvalue weighted by Crippen LogP contribution is -2.45. The molecule has 0 aromatic carbocycles. The lowest BCUT2D eigenvalue weighted by atomic mass is 9.73. The molecular weight excluding hydrogens is 466 g/mol. The maximum Gasteiger partial charge on any atom is 0.309 e. The molecule has 3 heterocycles. The van der Waals surface area contributed by atoms with Gasteiger partial charge in [0.2, 0.25) is 0 Å². The first-order valence-electron chi connectivity index (χ1n) is 12.3. The third-order valence-electron chi connectivity index (χ3n) is 7.51. The van der Waals surface area contributed by atoms with Gasteiger partial charge in [-0.05, 0) is 38.8 Å². The van der Waals surface area contributed by atoms with Crippen molar-refractivity contribution in [3.63, 3.8) is 0 Å². The molecule has 0 saturated carbocycles. The van der Waals surface area contributed by atoms with Crippen LogP contribution in [0.1, 0.15) is 71.5 Å². The number of aliphatic hydroxyl groups excluding tert-OH is 2. The van der Waals surface area contributed by atoms with Crippen LogP contribution in [-0.2, 0) is 19.1 Å². The molecular formula is C27H39NO6S. The third-order valence-corrected chi connectivity index (χ3v) is 8.30. The smallest absolute Gasteiger partial charge is 0.309 e. The minimum absolute atomic E-state index is 0.0968. The number of nitrogens with zero attached hydrogens (tertiary/aromatic N) is 1. The lowest BCUT2D eigenvalue weighted by molar-refractivity contribution is -0.154. The van der Waals surface area contributed by atoms with Crippen LogP contribution < -0.4 is 0 Å². The van der Waals surface area contributed by atoms with E-state index < -0.39 is 35.6 Å². The molecule has 1 aromatic heterocycles. The van der Waals surface area contributed by atoms with Gasteiger partial charge in [0, 0.05) is 23.6 Å². The first kappa shape index (κ1) is 27.7. The molecule has 0 bridgehead atoms. The van der Waals surface area contributed by atoms with Gasteiger partial charge in [-0.2, -0.15) is 0 Å². The molecule has 194 valence electrons. The van der Waals surface area contributed by atoms with Crippen molar-refractivity contribution in [2.75, 3.05) is 0 Å². The van der Waals surface area contributed by atoms with Crippen molar-refractivity contribution in [2.45, 2.75) is 97.7 Å². The van der Waals surface area contributed by atoms with E-state index in [2.05, 4.69) is 4.98 Å². The Morgan fingerprint density at radius 2 is 1.91 bits per heavy atom. The summed E-state index contributed by atoms with van der Waals surface area (Å²) in [6, 6.07) is 0. The number of carbonyl (C=O) groups is 2. The largest absolute Gasteiger partial charge is 0.458 e. The first-order valence-corrected chi connectivity index (χ1v) is 13.2. The van der Waals surface area contributed by atoms with Crippen LogP contribution in [0.3, 0.4) is 0 Å². The second kappa shape index (κ2) is 10.6. The van der Waals surface area contributed by atoms with Gasteiger partial charge in [0.1, 0.15) is 11.9 Å². The van der Waals surface area contributed by atoms with E-state index in [1.165, 1.54) is 0 Å². The normalized spacial score (nSPS) is 37.9. The van der Waals surface area contributed by atoms with E-state index in [-0.39, 0.29) is 29.8 Å². The van der Waals surface area contributed by atoms with E-state index >= 15 is 0 Å². The number of thiazole rings is 1. The molecule has 1 aromatic rings. The van der Waals surface area contributed by atoms with Crippen molar-refractivity contribution in [1.82, 2.24) is 4.98 Å². The summed E-state index contributed by atoms with van der Waals surface area (Å²) in [6.45, 7) is 12.6. The Kier molecular flexibility index (Phi) is 8.41. The van der Waals surface area contributed by atoms with E-state index in [1.807, 2.05) is 51.3 Å². The van der Waals surface area contributed by atoms with Crippen LogP contribution in [0.5, 0.6) is 0 Å². The fraction of sp³-hybridized carbons (Fsp3) is 0.667. The number of aliphatic hydroxyl groups is 2. The third kappa shape index (κ3) is 6.47. The molecule has 7 atom stereocenters. The summed E-state index contributed by atoms with van der Waals surface area (Å²) >= 11 is 1.55. The molecule has 3 rings (SSSR count). The molecule has 0 aliphatic carbocycles. The number of aryl methyl sites for hydroxylation is 1. The average Bonchev–Trinajstić information content (AvgIpc) is 3.22. The highest BCUT2D eigenvalue weighted by atomic mass is 32.1. The zero-order valence-corrected chi connectivity index (χ0v) is 22.6. The van der Waals surface area contributed by atoms with Gasteiger partial charge in [-0.15, -0.1) is 11.3 Å². The Balaban J connectivity index is 1.89. The predicted molar refractivity (Wildman–Crippen MR) is 136 cm³/mol. The van der Waals surface area contributed by atoms with Gasteiger partial charge < -0.3 is 19.7 Å². The van der Waals surface area contributed by atoms with Gasteiger partial charge in [-0.25, -0.2) is 4.98 Å². The number of Topliss-reactive ketones (excluding diaryl/α,β-unsaturated/α-hetero) is 1. The molecule has 2 aliphatic heterocycles. The van der Waals surface area contributed by atoms with Gasteiger partial charge >= 0.3 is 5.97 Å². The Bertz CT molecular complexity index is 998. The van der Waals surface area contributed by atoms with Gasteiger partial charge in [-0.3, -0.25) is 9.59 Å². The summed E-state index contributed by atoms with van der Waals surface area (Å²) in [5.41, 5.74) is 0.0391. The summed E-state index contributed by atoms with van der Waals surface area (Å²) in [7, 11) is 0. The second-order valence-corrected chi connectivity index (χ2v) is 12.0. The molecule has 2 aliphatic rings. The molecule has 0 spiro atoms. The molecule has 0 amide bonds. The van der Waals surface area contributed by atoms with Crippen LogP contribution in [0.2, 0.25) is 0 Å². The van der Waals surface area contributed by atoms with Gasteiger partial charge in [0.05, 0.1) is 46.5 Å². The first-order chi connectivity index (χ1) is 16.2. The number of rotatable bonds is 2. The highest BCUT2D eigenvalue weighted by molar-refractivity contribution is 7.09. The summed E-state index contributed by atoms with van der Waals surface area (Å²) in [5.74, 6) is -1.83. The zero-order chi connectivity index (χ0) is 26.1. The minimum atomic E-state index is -1.25. The van der Waals surface area contributed by atoms with E-state index in [0.29, 0.717) is 12.8 Å². The van der Waals surface area contributed by atoms with Crippen LogP contribution in [-0.4, -0.2) is 57.0 Å². The number of hydrogen-bond donors (Lipinski definition) is 2. The molecule has 1 saturated heterocycles. The van der Waals surface area contributed by atoms with Crippen LogP contribution in [0, 0.1) is 24.2 Å². The summed E-state index contributed by atoms with van der Waals surface area (Å²) < 4.78 is 11.9. The van der Waals surface area contributed by atoms with Crippen molar-refractivity contribution in [2.24, 2.45) is 17.3 Å².